The van der Waals surface area contributed by atoms with Crippen molar-refractivity contribution >= 4 is 5.69 Å². The zero-order chi connectivity index (χ0) is 11.8. The number of nitro groups is 1. The van der Waals surface area contributed by atoms with Gasteiger partial charge in [0.1, 0.15) is 0 Å². The number of hydrogen-bond acceptors (Lipinski definition) is 3. The van der Waals surface area contributed by atoms with Crippen molar-refractivity contribution in [2.75, 3.05) is 0 Å². The Morgan fingerprint density at radius 2 is 2.25 bits per heavy atom. The predicted molar refractivity (Wildman–Crippen MR) is 59.0 cm³/mol. The van der Waals surface area contributed by atoms with E-state index in [9.17, 15) is 10.1 Å². The topological polar surface area (TPSA) is 66.9 Å². The van der Waals surface area contributed by atoms with Crippen LogP contribution in [0.2, 0.25) is 0 Å². The molecule has 0 amide bonds. The van der Waals surface area contributed by atoms with Crippen LogP contribution in [0.1, 0.15) is 30.9 Å². The summed E-state index contributed by atoms with van der Waals surface area (Å²) in [6.45, 7) is 1.89. The molecule has 1 aliphatic carbocycles. The minimum atomic E-state index is -0.367. The zero-order valence-corrected chi connectivity index (χ0v) is 9.06. The lowest BCUT2D eigenvalue weighted by Crippen LogP contribution is -2.04. The molecule has 4 nitrogen and oxygen atoms in total. The van der Waals surface area contributed by atoms with E-state index in [2.05, 4.69) is 6.07 Å². The summed E-state index contributed by atoms with van der Waals surface area (Å²) in [5.74, 6) is 0. The number of benzene rings is 1. The fourth-order valence-electron chi connectivity index (χ4n) is 1.93. The molecular formula is C12H12N2O2. The Bertz CT molecular complexity index is 484. The van der Waals surface area contributed by atoms with Crippen molar-refractivity contribution in [1.29, 1.82) is 5.26 Å². The van der Waals surface area contributed by atoms with E-state index in [0.717, 1.165) is 18.4 Å². The van der Waals surface area contributed by atoms with Gasteiger partial charge < -0.3 is 0 Å². The maximum Gasteiger partial charge on any atom is 0.272 e. The van der Waals surface area contributed by atoms with Gasteiger partial charge in [-0.3, -0.25) is 10.1 Å². The number of nitrogens with zero attached hydrogens (tertiary/aromatic N) is 2. The lowest BCUT2D eigenvalue weighted by atomic mass is 9.94. The number of hydrogen-bond donors (Lipinski definition) is 0. The lowest BCUT2D eigenvalue weighted by Gasteiger charge is -2.08. The van der Waals surface area contributed by atoms with Crippen LogP contribution in [0.5, 0.6) is 0 Å². The molecule has 0 radical (unpaired) electrons. The SMILES string of the molecule is CCc1cc(C2(C#N)CC2)ccc1[N+](=O)[O-]. The van der Waals surface area contributed by atoms with Gasteiger partial charge in [0.25, 0.3) is 5.69 Å². The number of aryl methyl sites for hydroxylation is 1. The van der Waals surface area contributed by atoms with Crippen molar-refractivity contribution in [1.82, 2.24) is 0 Å². The summed E-state index contributed by atoms with van der Waals surface area (Å²) < 4.78 is 0. The number of nitro benzene ring substituents is 1. The fraction of sp³-hybridized carbons (Fsp3) is 0.417. The second kappa shape index (κ2) is 3.60. The molecule has 0 spiro atoms. The van der Waals surface area contributed by atoms with Gasteiger partial charge in [-0.1, -0.05) is 13.0 Å². The third-order valence-corrected chi connectivity index (χ3v) is 3.17. The van der Waals surface area contributed by atoms with E-state index in [1.165, 1.54) is 6.07 Å². The molecule has 0 atom stereocenters. The first-order valence-corrected chi connectivity index (χ1v) is 5.32. The smallest absolute Gasteiger partial charge is 0.258 e. The summed E-state index contributed by atoms with van der Waals surface area (Å²) in [6.07, 6.45) is 2.35. The molecule has 1 aromatic carbocycles. The van der Waals surface area contributed by atoms with E-state index in [1.54, 1.807) is 6.07 Å². The second-order valence-electron chi connectivity index (χ2n) is 4.15. The highest BCUT2D eigenvalue weighted by Gasteiger charge is 2.45. The Balaban J connectivity index is 2.46. The van der Waals surface area contributed by atoms with Gasteiger partial charge in [0, 0.05) is 11.6 Å². The maximum absolute atomic E-state index is 10.8. The monoisotopic (exact) mass is 216 g/mol. The van der Waals surface area contributed by atoms with Crippen molar-refractivity contribution in [2.45, 2.75) is 31.6 Å². The molecule has 0 aromatic heterocycles. The third-order valence-electron chi connectivity index (χ3n) is 3.17. The molecule has 0 unspecified atom stereocenters. The molecular weight excluding hydrogens is 204 g/mol. The summed E-state index contributed by atoms with van der Waals surface area (Å²) in [7, 11) is 0. The van der Waals surface area contributed by atoms with Crippen molar-refractivity contribution < 1.29 is 4.92 Å². The molecule has 0 aliphatic heterocycles. The summed E-state index contributed by atoms with van der Waals surface area (Å²) >= 11 is 0. The highest BCUT2D eigenvalue weighted by Crippen LogP contribution is 2.48. The molecule has 2 rings (SSSR count). The first-order chi connectivity index (χ1) is 7.63. The Hall–Kier alpha value is -1.89. The average Bonchev–Trinajstić information content (AvgIpc) is 3.09. The predicted octanol–water partition coefficient (Wildman–Crippen LogP) is 2.71. The van der Waals surface area contributed by atoms with Crippen LogP contribution in [0, 0.1) is 21.4 Å². The van der Waals surface area contributed by atoms with Gasteiger partial charge in [-0.15, -0.1) is 0 Å². The zero-order valence-electron chi connectivity index (χ0n) is 9.06. The normalized spacial score (nSPS) is 16.5. The molecule has 4 heteroatoms. The molecule has 0 bridgehead atoms. The molecule has 1 saturated carbocycles. The Morgan fingerprint density at radius 1 is 1.56 bits per heavy atom. The Labute approximate surface area is 93.7 Å². The molecule has 1 aliphatic rings. The third kappa shape index (κ3) is 1.54. The minimum absolute atomic E-state index is 0.153. The summed E-state index contributed by atoms with van der Waals surface area (Å²) in [4.78, 5) is 10.4. The van der Waals surface area contributed by atoms with Crippen LogP contribution in [0.3, 0.4) is 0 Å². The molecule has 0 saturated heterocycles. The van der Waals surface area contributed by atoms with Crippen LogP contribution < -0.4 is 0 Å². The Kier molecular flexibility index (Phi) is 2.39. The summed E-state index contributed by atoms with van der Waals surface area (Å²) in [5.41, 5.74) is 1.43. The standard InChI is InChI=1S/C12H12N2O2/c1-2-9-7-10(12(8-13)5-6-12)3-4-11(9)14(15)16/h3-4,7H,2,5-6H2,1H3. The van der Waals surface area contributed by atoms with E-state index in [-0.39, 0.29) is 16.0 Å². The largest absolute Gasteiger partial charge is 0.272 e. The van der Waals surface area contributed by atoms with Crippen LogP contribution >= 0.6 is 0 Å². The number of rotatable bonds is 3. The highest BCUT2D eigenvalue weighted by molar-refractivity contribution is 5.48. The average molecular weight is 216 g/mol. The molecule has 1 fully saturated rings. The van der Waals surface area contributed by atoms with Gasteiger partial charge in [-0.2, -0.15) is 5.26 Å². The molecule has 0 heterocycles. The van der Waals surface area contributed by atoms with Crippen LogP contribution in [-0.2, 0) is 11.8 Å². The van der Waals surface area contributed by atoms with E-state index >= 15 is 0 Å². The van der Waals surface area contributed by atoms with Crippen LogP contribution in [-0.4, -0.2) is 4.92 Å². The van der Waals surface area contributed by atoms with Crippen LogP contribution in [0.25, 0.3) is 0 Å². The summed E-state index contributed by atoms with van der Waals surface area (Å²) in [6, 6.07) is 7.35. The van der Waals surface area contributed by atoms with E-state index in [1.807, 2.05) is 13.0 Å². The Morgan fingerprint density at radius 3 is 2.69 bits per heavy atom. The van der Waals surface area contributed by atoms with Gasteiger partial charge >= 0.3 is 0 Å². The quantitative estimate of drug-likeness (QED) is 0.576. The van der Waals surface area contributed by atoms with E-state index in [4.69, 9.17) is 5.26 Å². The molecule has 82 valence electrons. The molecule has 0 N–H and O–H groups in total. The first kappa shape index (κ1) is 10.6. The van der Waals surface area contributed by atoms with Crippen molar-refractivity contribution in [2.24, 2.45) is 0 Å². The van der Waals surface area contributed by atoms with Gasteiger partial charge in [-0.25, -0.2) is 0 Å². The highest BCUT2D eigenvalue weighted by atomic mass is 16.6. The second-order valence-corrected chi connectivity index (χ2v) is 4.15. The summed E-state index contributed by atoms with van der Waals surface area (Å²) in [5, 5.41) is 19.8. The van der Waals surface area contributed by atoms with Gasteiger partial charge in [-0.05, 0) is 30.9 Å². The van der Waals surface area contributed by atoms with Gasteiger partial charge in [0.2, 0.25) is 0 Å². The first-order valence-electron chi connectivity index (χ1n) is 5.32. The molecule has 16 heavy (non-hydrogen) atoms. The van der Waals surface area contributed by atoms with Gasteiger partial charge in [0.05, 0.1) is 16.4 Å². The van der Waals surface area contributed by atoms with Crippen molar-refractivity contribution in [3.63, 3.8) is 0 Å². The lowest BCUT2D eigenvalue weighted by molar-refractivity contribution is -0.385. The van der Waals surface area contributed by atoms with Crippen molar-refractivity contribution in [3.05, 3.63) is 39.4 Å². The fourth-order valence-corrected chi connectivity index (χ4v) is 1.93. The van der Waals surface area contributed by atoms with E-state index in [0.29, 0.717) is 12.0 Å². The minimum Gasteiger partial charge on any atom is -0.258 e. The van der Waals surface area contributed by atoms with E-state index < -0.39 is 0 Å². The number of nitriles is 1. The van der Waals surface area contributed by atoms with Crippen LogP contribution in [0.15, 0.2) is 18.2 Å². The van der Waals surface area contributed by atoms with Crippen molar-refractivity contribution in [3.8, 4) is 6.07 Å². The maximum atomic E-state index is 10.8. The molecule has 1 aromatic rings. The van der Waals surface area contributed by atoms with Crippen LogP contribution in [0.4, 0.5) is 5.69 Å². The van der Waals surface area contributed by atoms with Gasteiger partial charge in [0.15, 0.2) is 0 Å².